The Morgan fingerprint density at radius 2 is 1.95 bits per heavy atom. The highest BCUT2D eigenvalue weighted by Gasteiger charge is 2.02. The lowest BCUT2D eigenvalue weighted by atomic mass is 10.1. The number of anilines is 2. The third-order valence-corrected chi connectivity index (χ3v) is 2.94. The van der Waals surface area contributed by atoms with Crippen LogP contribution in [0.5, 0.6) is 0 Å². The number of benzene rings is 1. The summed E-state index contributed by atoms with van der Waals surface area (Å²) in [5.41, 5.74) is 9.28. The highest BCUT2D eigenvalue weighted by atomic mass is 15.0. The maximum Gasteiger partial charge on any atom is 0.149 e. The molecule has 0 fully saturated rings. The molecule has 1 heterocycles. The lowest BCUT2D eigenvalue weighted by Crippen LogP contribution is -2.05. The zero-order valence-corrected chi connectivity index (χ0v) is 10.9. The highest BCUT2D eigenvalue weighted by molar-refractivity contribution is 5.63. The highest BCUT2D eigenvalue weighted by Crippen LogP contribution is 2.17. The summed E-state index contributed by atoms with van der Waals surface area (Å²) >= 11 is 0. The average molecular weight is 252 g/mol. The van der Waals surface area contributed by atoms with Crippen LogP contribution in [0.4, 0.5) is 11.5 Å². The molecule has 2 aromatic rings. The first-order valence-corrected chi connectivity index (χ1v) is 6.20. The molecule has 1 aromatic carbocycles. The van der Waals surface area contributed by atoms with Gasteiger partial charge < -0.3 is 11.1 Å². The van der Waals surface area contributed by atoms with Gasteiger partial charge in [-0.05, 0) is 23.6 Å². The molecule has 0 spiro atoms. The summed E-state index contributed by atoms with van der Waals surface area (Å²) in [5.74, 6) is 0.610. The van der Waals surface area contributed by atoms with Gasteiger partial charge in [-0.1, -0.05) is 31.2 Å². The summed E-state index contributed by atoms with van der Waals surface area (Å²) in [6.07, 6.45) is 2.55. The van der Waals surface area contributed by atoms with Crippen LogP contribution >= 0.6 is 0 Å². The standard InChI is InChI=1S/C15H16N4/c1-2-11-3-5-12(6-4-11)9-18-15-14(17)7-13(8-16)10-19-15/h3-7,10H,2,9,17H2,1H3,(H,18,19). The van der Waals surface area contributed by atoms with Crippen molar-refractivity contribution in [3.05, 3.63) is 53.2 Å². The van der Waals surface area contributed by atoms with Crippen molar-refractivity contribution in [1.29, 1.82) is 5.26 Å². The number of nitrogens with zero attached hydrogens (tertiary/aromatic N) is 2. The number of aromatic nitrogens is 1. The minimum Gasteiger partial charge on any atom is -0.396 e. The molecule has 0 amide bonds. The van der Waals surface area contributed by atoms with Crippen LogP contribution in [-0.2, 0) is 13.0 Å². The van der Waals surface area contributed by atoms with Crippen LogP contribution in [0.15, 0.2) is 36.5 Å². The molecule has 96 valence electrons. The second kappa shape index (κ2) is 5.87. The normalized spacial score (nSPS) is 9.89. The molecule has 3 N–H and O–H groups in total. The molecule has 19 heavy (non-hydrogen) atoms. The third kappa shape index (κ3) is 3.23. The molecule has 0 aliphatic heterocycles. The molecule has 0 aliphatic carbocycles. The van der Waals surface area contributed by atoms with Crippen molar-refractivity contribution in [3.63, 3.8) is 0 Å². The van der Waals surface area contributed by atoms with Gasteiger partial charge in [0, 0.05) is 12.7 Å². The topological polar surface area (TPSA) is 74.7 Å². The van der Waals surface area contributed by atoms with Gasteiger partial charge in [0.05, 0.1) is 11.3 Å². The molecular formula is C15H16N4. The van der Waals surface area contributed by atoms with Crippen LogP contribution in [0, 0.1) is 11.3 Å². The Balaban J connectivity index is 2.04. The molecular weight excluding hydrogens is 236 g/mol. The lowest BCUT2D eigenvalue weighted by molar-refractivity contribution is 1.09. The van der Waals surface area contributed by atoms with E-state index >= 15 is 0 Å². The maximum atomic E-state index is 8.74. The zero-order chi connectivity index (χ0) is 13.7. The van der Waals surface area contributed by atoms with Crippen LogP contribution in [0.3, 0.4) is 0 Å². The molecule has 2 rings (SSSR count). The van der Waals surface area contributed by atoms with Crippen molar-refractivity contribution in [2.75, 3.05) is 11.1 Å². The van der Waals surface area contributed by atoms with Crippen LogP contribution in [0.25, 0.3) is 0 Å². The summed E-state index contributed by atoms with van der Waals surface area (Å²) in [4.78, 5) is 4.14. The molecule has 1 aromatic heterocycles. The SMILES string of the molecule is CCc1ccc(CNc2ncc(C#N)cc2N)cc1. The Morgan fingerprint density at radius 1 is 1.26 bits per heavy atom. The number of nitrogens with two attached hydrogens (primary N) is 1. The zero-order valence-electron chi connectivity index (χ0n) is 10.9. The van der Waals surface area contributed by atoms with Crippen molar-refractivity contribution >= 4 is 11.5 Å². The van der Waals surface area contributed by atoms with E-state index in [0.29, 0.717) is 23.6 Å². The fraction of sp³-hybridized carbons (Fsp3) is 0.200. The van der Waals surface area contributed by atoms with Crippen molar-refractivity contribution in [1.82, 2.24) is 4.98 Å². The molecule has 0 bridgehead atoms. The predicted molar refractivity (Wildman–Crippen MR) is 76.5 cm³/mol. The first-order chi connectivity index (χ1) is 9.22. The number of nitrogens with one attached hydrogen (secondary N) is 1. The minimum atomic E-state index is 0.468. The quantitative estimate of drug-likeness (QED) is 0.877. The smallest absolute Gasteiger partial charge is 0.149 e. The van der Waals surface area contributed by atoms with E-state index in [9.17, 15) is 0 Å². The summed E-state index contributed by atoms with van der Waals surface area (Å²) in [6, 6.07) is 12.0. The Morgan fingerprint density at radius 3 is 2.53 bits per heavy atom. The van der Waals surface area contributed by atoms with Gasteiger partial charge in [0.25, 0.3) is 0 Å². The van der Waals surface area contributed by atoms with E-state index in [1.165, 1.54) is 17.3 Å². The number of pyridine rings is 1. The molecule has 0 aliphatic rings. The van der Waals surface area contributed by atoms with Crippen molar-refractivity contribution in [2.24, 2.45) is 0 Å². The predicted octanol–water partition coefficient (Wildman–Crippen LogP) is 2.71. The number of hydrogen-bond acceptors (Lipinski definition) is 4. The van der Waals surface area contributed by atoms with Crippen LogP contribution in [-0.4, -0.2) is 4.98 Å². The van der Waals surface area contributed by atoms with Gasteiger partial charge in [0.2, 0.25) is 0 Å². The molecule has 0 atom stereocenters. The third-order valence-electron chi connectivity index (χ3n) is 2.94. The number of nitriles is 1. The molecule has 4 nitrogen and oxygen atoms in total. The molecule has 0 unspecified atom stereocenters. The molecule has 0 radical (unpaired) electrons. The van der Waals surface area contributed by atoms with Gasteiger partial charge in [-0.15, -0.1) is 0 Å². The van der Waals surface area contributed by atoms with Gasteiger partial charge in [0.1, 0.15) is 11.9 Å². The molecule has 0 saturated heterocycles. The number of nitrogen functional groups attached to an aromatic ring is 1. The minimum absolute atomic E-state index is 0.468. The van der Waals surface area contributed by atoms with Gasteiger partial charge >= 0.3 is 0 Å². The summed E-state index contributed by atoms with van der Waals surface area (Å²) in [7, 11) is 0. The van der Waals surface area contributed by atoms with E-state index < -0.39 is 0 Å². The van der Waals surface area contributed by atoms with Crippen LogP contribution < -0.4 is 11.1 Å². The Hall–Kier alpha value is -2.54. The Bertz CT molecular complexity index is 597. The van der Waals surface area contributed by atoms with Crippen molar-refractivity contribution < 1.29 is 0 Å². The Kier molecular flexibility index (Phi) is 3.99. The number of rotatable bonds is 4. The summed E-state index contributed by atoms with van der Waals surface area (Å²) in [6.45, 7) is 2.79. The van der Waals surface area contributed by atoms with E-state index in [-0.39, 0.29) is 0 Å². The van der Waals surface area contributed by atoms with E-state index in [4.69, 9.17) is 11.0 Å². The van der Waals surface area contributed by atoms with E-state index in [1.807, 2.05) is 6.07 Å². The van der Waals surface area contributed by atoms with Crippen molar-refractivity contribution in [3.8, 4) is 6.07 Å². The fourth-order valence-corrected chi connectivity index (χ4v) is 1.77. The second-order valence-corrected chi connectivity index (χ2v) is 4.30. The van der Waals surface area contributed by atoms with E-state index in [0.717, 1.165) is 6.42 Å². The lowest BCUT2D eigenvalue weighted by Gasteiger charge is -2.08. The molecule has 0 saturated carbocycles. The van der Waals surface area contributed by atoms with E-state index in [2.05, 4.69) is 41.5 Å². The van der Waals surface area contributed by atoms with Gasteiger partial charge in [0.15, 0.2) is 0 Å². The maximum absolute atomic E-state index is 8.74. The second-order valence-electron chi connectivity index (χ2n) is 4.30. The fourth-order valence-electron chi connectivity index (χ4n) is 1.77. The van der Waals surface area contributed by atoms with Crippen molar-refractivity contribution in [2.45, 2.75) is 19.9 Å². The van der Waals surface area contributed by atoms with Crippen LogP contribution in [0.2, 0.25) is 0 Å². The Labute approximate surface area is 112 Å². The molecule has 4 heteroatoms. The average Bonchev–Trinajstić information content (AvgIpc) is 2.46. The van der Waals surface area contributed by atoms with Gasteiger partial charge in [-0.3, -0.25) is 0 Å². The number of hydrogen-bond donors (Lipinski definition) is 2. The van der Waals surface area contributed by atoms with Gasteiger partial charge in [-0.25, -0.2) is 4.98 Å². The van der Waals surface area contributed by atoms with Gasteiger partial charge in [-0.2, -0.15) is 5.26 Å². The van der Waals surface area contributed by atoms with Crippen LogP contribution in [0.1, 0.15) is 23.6 Å². The summed E-state index contributed by atoms with van der Waals surface area (Å²) < 4.78 is 0. The largest absolute Gasteiger partial charge is 0.396 e. The monoisotopic (exact) mass is 252 g/mol. The summed E-state index contributed by atoms with van der Waals surface area (Å²) in [5, 5.41) is 11.9. The van der Waals surface area contributed by atoms with E-state index in [1.54, 1.807) is 6.07 Å². The first kappa shape index (κ1) is 12.9. The number of aryl methyl sites for hydroxylation is 1. The first-order valence-electron chi connectivity index (χ1n) is 6.20.